The SMILES string of the molecule is CC(C)(C)C1NC(=O)C(C2CC2)N(Cc2cncs2)C1=O. The summed E-state index contributed by atoms with van der Waals surface area (Å²) in [6.45, 7) is 6.44. The molecule has 1 saturated carbocycles. The van der Waals surface area contributed by atoms with E-state index in [1.54, 1.807) is 16.6 Å². The molecule has 1 aromatic heterocycles. The molecule has 3 rings (SSSR count). The fourth-order valence-corrected chi connectivity index (χ4v) is 3.46. The Bertz CT molecular complexity index is 546. The van der Waals surface area contributed by atoms with E-state index in [0.717, 1.165) is 17.7 Å². The zero-order chi connectivity index (χ0) is 15.2. The molecule has 0 spiro atoms. The van der Waals surface area contributed by atoms with Crippen LogP contribution in [0.5, 0.6) is 0 Å². The average molecular weight is 307 g/mol. The second-order valence-electron chi connectivity index (χ2n) is 7.02. The van der Waals surface area contributed by atoms with Crippen LogP contribution in [0.4, 0.5) is 0 Å². The number of aromatic nitrogens is 1. The molecular weight excluding hydrogens is 286 g/mol. The normalized spacial score (nSPS) is 26.9. The summed E-state index contributed by atoms with van der Waals surface area (Å²) in [6.07, 6.45) is 3.84. The molecule has 2 atom stereocenters. The maximum Gasteiger partial charge on any atom is 0.246 e. The van der Waals surface area contributed by atoms with Crippen molar-refractivity contribution in [3.05, 3.63) is 16.6 Å². The van der Waals surface area contributed by atoms with Gasteiger partial charge in [0.25, 0.3) is 0 Å². The van der Waals surface area contributed by atoms with Crippen LogP contribution in [0, 0.1) is 11.3 Å². The minimum absolute atomic E-state index is 0.00143. The Morgan fingerprint density at radius 1 is 1.38 bits per heavy atom. The van der Waals surface area contributed by atoms with E-state index in [1.807, 2.05) is 20.8 Å². The van der Waals surface area contributed by atoms with Gasteiger partial charge >= 0.3 is 0 Å². The quantitative estimate of drug-likeness (QED) is 0.926. The summed E-state index contributed by atoms with van der Waals surface area (Å²) in [5.41, 5.74) is 1.48. The number of nitrogens with one attached hydrogen (secondary N) is 1. The number of piperazine rings is 1. The lowest BCUT2D eigenvalue weighted by Gasteiger charge is -2.43. The third kappa shape index (κ3) is 2.81. The highest BCUT2D eigenvalue weighted by molar-refractivity contribution is 7.09. The first-order valence-corrected chi connectivity index (χ1v) is 8.24. The van der Waals surface area contributed by atoms with Gasteiger partial charge < -0.3 is 10.2 Å². The highest BCUT2D eigenvalue weighted by Crippen LogP contribution is 2.39. The molecule has 0 bridgehead atoms. The number of hydrogen-bond acceptors (Lipinski definition) is 4. The summed E-state index contributed by atoms with van der Waals surface area (Å²) in [5.74, 6) is 0.358. The first-order valence-electron chi connectivity index (χ1n) is 7.36. The molecule has 5 nitrogen and oxygen atoms in total. The molecule has 1 aliphatic heterocycles. The van der Waals surface area contributed by atoms with E-state index in [4.69, 9.17) is 0 Å². The van der Waals surface area contributed by atoms with Crippen LogP contribution in [0.15, 0.2) is 11.7 Å². The van der Waals surface area contributed by atoms with E-state index < -0.39 is 6.04 Å². The van der Waals surface area contributed by atoms with Gasteiger partial charge in [0.15, 0.2) is 0 Å². The number of hydrogen-bond donors (Lipinski definition) is 1. The van der Waals surface area contributed by atoms with Gasteiger partial charge in [-0.05, 0) is 24.2 Å². The molecule has 1 aromatic rings. The van der Waals surface area contributed by atoms with E-state index in [0.29, 0.717) is 12.5 Å². The van der Waals surface area contributed by atoms with Crippen molar-refractivity contribution in [3.8, 4) is 0 Å². The number of rotatable bonds is 3. The Hall–Kier alpha value is -1.43. The molecule has 2 heterocycles. The van der Waals surface area contributed by atoms with Gasteiger partial charge in [-0.3, -0.25) is 14.6 Å². The molecule has 21 heavy (non-hydrogen) atoms. The van der Waals surface area contributed by atoms with Gasteiger partial charge in [-0.25, -0.2) is 0 Å². The maximum absolute atomic E-state index is 12.9. The van der Waals surface area contributed by atoms with Crippen LogP contribution >= 0.6 is 11.3 Å². The van der Waals surface area contributed by atoms with Crippen molar-refractivity contribution >= 4 is 23.2 Å². The number of thiazole rings is 1. The van der Waals surface area contributed by atoms with Gasteiger partial charge in [0.1, 0.15) is 12.1 Å². The summed E-state index contributed by atoms with van der Waals surface area (Å²) in [5, 5.41) is 2.94. The topological polar surface area (TPSA) is 62.3 Å². The van der Waals surface area contributed by atoms with Gasteiger partial charge in [0.2, 0.25) is 11.8 Å². The van der Waals surface area contributed by atoms with Crippen LogP contribution in [0.3, 0.4) is 0 Å². The van der Waals surface area contributed by atoms with Crippen LogP contribution < -0.4 is 5.32 Å². The minimum Gasteiger partial charge on any atom is -0.342 e. The Morgan fingerprint density at radius 2 is 2.10 bits per heavy atom. The molecule has 0 aromatic carbocycles. The fourth-order valence-electron chi connectivity index (χ4n) is 2.87. The molecule has 6 heteroatoms. The van der Waals surface area contributed by atoms with Gasteiger partial charge in [-0.2, -0.15) is 0 Å². The van der Waals surface area contributed by atoms with Crippen molar-refractivity contribution in [2.75, 3.05) is 0 Å². The Morgan fingerprint density at radius 3 is 2.62 bits per heavy atom. The minimum atomic E-state index is -0.451. The predicted molar refractivity (Wildman–Crippen MR) is 80.6 cm³/mol. The third-order valence-electron chi connectivity index (χ3n) is 4.17. The van der Waals surface area contributed by atoms with Crippen LogP contribution in [-0.2, 0) is 16.1 Å². The predicted octanol–water partition coefficient (Wildman–Crippen LogP) is 1.79. The highest BCUT2D eigenvalue weighted by Gasteiger charge is 2.50. The number of carbonyl (C=O) groups is 2. The molecular formula is C15H21N3O2S. The Kier molecular flexibility index (Phi) is 3.51. The Labute approximate surface area is 128 Å². The molecule has 1 aliphatic carbocycles. The van der Waals surface area contributed by atoms with E-state index in [9.17, 15) is 9.59 Å². The molecule has 114 valence electrons. The van der Waals surface area contributed by atoms with Crippen molar-refractivity contribution < 1.29 is 9.59 Å². The van der Waals surface area contributed by atoms with E-state index in [1.165, 1.54) is 11.3 Å². The zero-order valence-electron chi connectivity index (χ0n) is 12.6. The lowest BCUT2D eigenvalue weighted by Crippen LogP contribution is -2.66. The first kappa shape index (κ1) is 14.5. The number of amides is 2. The van der Waals surface area contributed by atoms with Gasteiger partial charge in [0.05, 0.1) is 12.1 Å². The molecule has 2 fully saturated rings. The van der Waals surface area contributed by atoms with Crippen molar-refractivity contribution in [2.24, 2.45) is 11.3 Å². The third-order valence-corrected chi connectivity index (χ3v) is 4.93. The average Bonchev–Trinajstić information content (AvgIpc) is 3.08. The number of nitrogens with zero attached hydrogens (tertiary/aromatic N) is 2. The van der Waals surface area contributed by atoms with Crippen molar-refractivity contribution in [1.29, 1.82) is 0 Å². The van der Waals surface area contributed by atoms with Gasteiger partial charge in [0, 0.05) is 11.1 Å². The number of carbonyl (C=O) groups excluding carboxylic acids is 2. The molecule has 0 radical (unpaired) electrons. The summed E-state index contributed by atoms with van der Waals surface area (Å²) in [4.78, 5) is 32.2. The zero-order valence-corrected chi connectivity index (χ0v) is 13.4. The van der Waals surface area contributed by atoms with Gasteiger partial charge in [-0.1, -0.05) is 20.8 Å². The smallest absolute Gasteiger partial charge is 0.246 e. The monoisotopic (exact) mass is 307 g/mol. The highest BCUT2D eigenvalue weighted by atomic mass is 32.1. The maximum atomic E-state index is 12.9. The summed E-state index contributed by atoms with van der Waals surface area (Å²) < 4.78 is 0. The summed E-state index contributed by atoms with van der Waals surface area (Å²) in [6, 6.07) is -0.758. The lowest BCUT2D eigenvalue weighted by molar-refractivity contribution is -0.154. The second kappa shape index (κ2) is 5.09. The van der Waals surface area contributed by atoms with Crippen LogP contribution in [0.2, 0.25) is 0 Å². The van der Waals surface area contributed by atoms with Crippen LogP contribution in [-0.4, -0.2) is 33.8 Å². The molecule has 2 aliphatic rings. The molecule has 1 N–H and O–H groups in total. The summed E-state index contributed by atoms with van der Waals surface area (Å²) >= 11 is 1.53. The molecule has 2 amide bonds. The van der Waals surface area contributed by atoms with Crippen molar-refractivity contribution in [2.45, 2.75) is 52.2 Å². The van der Waals surface area contributed by atoms with Gasteiger partial charge in [-0.15, -0.1) is 11.3 Å². The largest absolute Gasteiger partial charge is 0.342 e. The van der Waals surface area contributed by atoms with Crippen LogP contribution in [0.1, 0.15) is 38.5 Å². The van der Waals surface area contributed by atoms with Crippen molar-refractivity contribution in [3.63, 3.8) is 0 Å². The van der Waals surface area contributed by atoms with Crippen LogP contribution in [0.25, 0.3) is 0 Å². The molecule has 1 saturated heterocycles. The molecule has 2 unspecified atom stereocenters. The standard InChI is InChI=1S/C15H21N3O2S/c1-15(2,3)12-14(20)18(7-10-6-16-8-21-10)11(9-4-5-9)13(19)17-12/h6,8-9,11-12H,4-5,7H2,1-3H3,(H,17,19). The van der Waals surface area contributed by atoms with Crippen molar-refractivity contribution in [1.82, 2.24) is 15.2 Å². The van der Waals surface area contributed by atoms with E-state index >= 15 is 0 Å². The second-order valence-corrected chi connectivity index (χ2v) is 7.99. The first-order chi connectivity index (χ1) is 9.88. The summed E-state index contributed by atoms with van der Waals surface area (Å²) in [7, 11) is 0. The fraction of sp³-hybridized carbons (Fsp3) is 0.667. The Balaban J connectivity index is 1.89. The lowest BCUT2D eigenvalue weighted by atomic mass is 9.83. The van der Waals surface area contributed by atoms with E-state index in [-0.39, 0.29) is 23.3 Å². The van der Waals surface area contributed by atoms with E-state index in [2.05, 4.69) is 10.3 Å².